The van der Waals surface area contributed by atoms with Crippen molar-refractivity contribution in [2.75, 3.05) is 24.5 Å². The Balaban J connectivity index is 1.73. The average molecular weight is 437 g/mol. The normalized spacial score (nSPS) is 17.4. The van der Waals surface area contributed by atoms with E-state index in [1.807, 2.05) is 13.0 Å². The van der Waals surface area contributed by atoms with Gasteiger partial charge in [-0.3, -0.25) is 4.79 Å². The first kappa shape index (κ1) is 20.3. The minimum absolute atomic E-state index is 0.0754. The number of fused-ring (bicyclic) bond motifs is 1. The summed E-state index contributed by atoms with van der Waals surface area (Å²) >= 11 is 6.18. The highest BCUT2D eigenvalue weighted by Gasteiger charge is 2.32. The molecule has 0 unspecified atom stereocenters. The lowest BCUT2D eigenvalue weighted by Crippen LogP contribution is -2.36. The number of halogens is 2. The number of rotatable bonds is 3. The highest BCUT2D eigenvalue weighted by molar-refractivity contribution is 7.89. The van der Waals surface area contributed by atoms with E-state index in [2.05, 4.69) is 0 Å². The van der Waals surface area contributed by atoms with Crippen LogP contribution in [0.5, 0.6) is 0 Å². The van der Waals surface area contributed by atoms with Crippen LogP contribution >= 0.6 is 11.6 Å². The van der Waals surface area contributed by atoms with Crippen molar-refractivity contribution < 1.29 is 17.6 Å². The molecule has 1 amide bonds. The minimum atomic E-state index is -3.77. The maximum Gasteiger partial charge on any atom is 0.258 e. The first-order chi connectivity index (χ1) is 13.8. The number of aryl methyl sites for hydroxylation is 2. The Labute approximate surface area is 175 Å². The Hall–Kier alpha value is -1.96. The van der Waals surface area contributed by atoms with Gasteiger partial charge in [0.25, 0.3) is 5.91 Å². The second kappa shape index (κ2) is 7.70. The molecule has 8 heteroatoms. The third-order valence-corrected chi connectivity index (χ3v) is 7.87. The van der Waals surface area contributed by atoms with Crippen molar-refractivity contribution in [2.24, 2.45) is 0 Å². The van der Waals surface area contributed by atoms with Crippen LogP contribution in [0.25, 0.3) is 0 Å². The van der Waals surface area contributed by atoms with E-state index in [0.29, 0.717) is 32.5 Å². The average Bonchev–Trinajstić information content (AvgIpc) is 3.22. The summed E-state index contributed by atoms with van der Waals surface area (Å²) < 4.78 is 42.0. The Morgan fingerprint density at radius 2 is 1.79 bits per heavy atom. The fraction of sp³-hybridized carbons (Fsp3) is 0.381. The van der Waals surface area contributed by atoms with Crippen LogP contribution in [-0.4, -0.2) is 38.3 Å². The van der Waals surface area contributed by atoms with Crippen molar-refractivity contribution in [3.05, 3.63) is 57.9 Å². The highest BCUT2D eigenvalue weighted by atomic mass is 35.5. The topological polar surface area (TPSA) is 57.7 Å². The largest absolute Gasteiger partial charge is 0.305 e. The lowest BCUT2D eigenvalue weighted by Gasteiger charge is -2.30. The molecule has 2 aromatic carbocycles. The molecule has 2 aliphatic rings. The SMILES string of the molecule is Cc1cc(F)c2c(c1)CCCN2C(=O)c1ccc(Cl)c(S(=O)(=O)N2CCCC2)c1. The van der Waals surface area contributed by atoms with Crippen molar-refractivity contribution in [1.29, 1.82) is 0 Å². The molecule has 1 saturated heterocycles. The molecule has 2 heterocycles. The minimum Gasteiger partial charge on any atom is -0.305 e. The number of hydrogen-bond donors (Lipinski definition) is 0. The van der Waals surface area contributed by atoms with Gasteiger partial charge in [0.05, 0.1) is 10.7 Å². The van der Waals surface area contributed by atoms with E-state index in [0.717, 1.165) is 24.0 Å². The van der Waals surface area contributed by atoms with Gasteiger partial charge in [-0.05, 0) is 68.0 Å². The summed E-state index contributed by atoms with van der Waals surface area (Å²) in [6, 6.07) is 7.54. The Morgan fingerprint density at radius 1 is 1.07 bits per heavy atom. The monoisotopic (exact) mass is 436 g/mol. The van der Waals surface area contributed by atoms with E-state index in [-0.39, 0.29) is 21.2 Å². The van der Waals surface area contributed by atoms with E-state index < -0.39 is 21.7 Å². The third kappa shape index (κ3) is 3.67. The summed E-state index contributed by atoms with van der Waals surface area (Å²) in [5.41, 5.74) is 2.06. The van der Waals surface area contributed by atoms with E-state index in [1.54, 1.807) is 0 Å². The number of carbonyl (C=O) groups excluding carboxylic acids is 1. The number of sulfonamides is 1. The van der Waals surface area contributed by atoms with Gasteiger partial charge in [0.15, 0.2) is 0 Å². The molecule has 0 radical (unpaired) electrons. The Kier molecular flexibility index (Phi) is 5.40. The third-order valence-electron chi connectivity index (χ3n) is 5.49. The van der Waals surface area contributed by atoms with Gasteiger partial charge in [-0.2, -0.15) is 4.31 Å². The van der Waals surface area contributed by atoms with Crippen molar-refractivity contribution in [2.45, 2.75) is 37.5 Å². The fourth-order valence-corrected chi connectivity index (χ4v) is 6.12. The van der Waals surface area contributed by atoms with Gasteiger partial charge >= 0.3 is 0 Å². The molecular weight excluding hydrogens is 415 g/mol. The van der Waals surface area contributed by atoms with Crippen LogP contribution in [0.15, 0.2) is 35.2 Å². The number of anilines is 1. The first-order valence-electron chi connectivity index (χ1n) is 9.69. The lowest BCUT2D eigenvalue weighted by molar-refractivity contribution is 0.0984. The molecule has 4 rings (SSSR count). The predicted molar refractivity (Wildman–Crippen MR) is 111 cm³/mol. The molecule has 0 bridgehead atoms. The summed E-state index contributed by atoms with van der Waals surface area (Å²) in [6.07, 6.45) is 3.03. The molecule has 0 aliphatic carbocycles. The molecule has 29 heavy (non-hydrogen) atoms. The quantitative estimate of drug-likeness (QED) is 0.725. The standard InChI is InChI=1S/C21H22ClFN2O3S/c1-14-11-15-5-4-10-25(20(15)18(23)12-14)21(26)16-6-7-17(22)19(13-16)29(27,28)24-8-2-3-9-24/h6-7,11-13H,2-5,8-10H2,1H3. The lowest BCUT2D eigenvalue weighted by atomic mass is 9.98. The van der Waals surface area contributed by atoms with Crippen LogP contribution in [0, 0.1) is 12.7 Å². The molecule has 5 nitrogen and oxygen atoms in total. The smallest absolute Gasteiger partial charge is 0.258 e. The molecule has 0 atom stereocenters. The van der Waals surface area contributed by atoms with Crippen LogP contribution in [0.3, 0.4) is 0 Å². The second-order valence-electron chi connectivity index (χ2n) is 7.57. The van der Waals surface area contributed by atoms with Crippen LogP contribution in [0.2, 0.25) is 5.02 Å². The number of nitrogens with zero attached hydrogens (tertiary/aromatic N) is 2. The van der Waals surface area contributed by atoms with Crippen LogP contribution < -0.4 is 4.90 Å². The van der Waals surface area contributed by atoms with Crippen LogP contribution in [-0.2, 0) is 16.4 Å². The molecule has 1 fully saturated rings. The van der Waals surface area contributed by atoms with Crippen molar-refractivity contribution in [3.8, 4) is 0 Å². The summed E-state index contributed by atoms with van der Waals surface area (Å²) in [5, 5.41) is 0.0781. The highest BCUT2D eigenvalue weighted by Crippen LogP contribution is 2.34. The summed E-state index contributed by atoms with van der Waals surface area (Å²) in [4.78, 5) is 14.5. The van der Waals surface area contributed by atoms with Gasteiger partial charge in [-0.1, -0.05) is 17.7 Å². The molecule has 0 saturated carbocycles. The van der Waals surface area contributed by atoms with E-state index in [1.165, 1.54) is 33.5 Å². The maximum atomic E-state index is 14.7. The molecule has 0 N–H and O–H groups in total. The van der Waals surface area contributed by atoms with Crippen molar-refractivity contribution in [3.63, 3.8) is 0 Å². The van der Waals surface area contributed by atoms with Gasteiger partial charge in [0, 0.05) is 25.2 Å². The zero-order valence-electron chi connectivity index (χ0n) is 16.1. The zero-order valence-corrected chi connectivity index (χ0v) is 17.7. The summed E-state index contributed by atoms with van der Waals surface area (Å²) in [5.74, 6) is -0.866. The number of carbonyl (C=O) groups is 1. The molecule has 2 aromatic rings. The van der Waals surface area contributed by atoms with E-state index in [9.17, 15) is 17.6 Å². The fourth-order valence-electron chi connectivity index (χ4n) is 4.10. The zero-order chi connectivity index (χ0) is 20.8. The maximum absolute atomic E-state index is 14.7. The Bertz CT molecular complexity index is 1080. The van der Waals surface area contributed by atoms with E-state index >= 15 is 0 Å². The van der Waals surface area contributed by atoms with Gasteiger partial charge < -0.3 is 4.90 Å². The predicted octanol–water partition coefficient (Wildman–Crippen LogP) is 4.17. The van der Waals surface area contributed by atoms with Gasteiger partial charge in [-0.15, -0.1) is 0 Å². The summed E-state index contributed by atoms with van der Waals surface area (Å²) in [6.45, 7) is 3.09. The van der Waals surface area contributed by atoms with E-state index in [4.69, 9.17) is 11.6 Å². The molecular formula is C21H22ClFN2O3S. The summed E-state index contributed by atoms with van der Waals surface area (Å²) in [7, 11) is -3.77. The van der Waals surface area contributed by atoms with Crippen LogP contribution in [0.4, 0.5) is 10.1 Å². The first-order valence-corrected chi connectivity index (χ1v) is 11.5. The number of hydrogen-bond acceptors (Lipinski definition) is 3. The number of benzene rings is 2. The molecule has 0 aromatic heterocycles. The Morgan fingerprint density at radius 3 is 2.52 bits per heavy atom. The van der Waals surface area contributed by atoms with Crippen molar-refractivity contribution >= 4 is 33.2 Å². The molecule has 0 spiro atoms. The van der Waals surface area contributed by atoms with Crippen molar-refractivity contribution in [1.82, 2.24) is 4.31 Å². The van der Waals surface area contributed by atoms with Crippen LogP contribution in [0.1, 0.15) is 40.7 Å². The second-order valence-corrected chi connectivity index (χ2v) is 9.88. The number of amides is 1. The van der Waals surface area contributed by atoms with Gasteiger partial charge in [0.1, 0.15) is 10.7 Å². The molecule has 154 valence electrons. The molecule has 2 aliphatic heterocycles. The van der Waals surface area contributed by atoms with Gasteiger partial charge in [-0.25, -0.2) is 12.8 Å². The van der Waals surface area contributed by atoms with Gasteiger partial charge in [0.2, 0.25) is 10.0 Å².